The Kier molecular flexibility index (Phi) is 2.70. The summed E-state index contributed by atoms with van der Waals surface area (Å²) >= 11 is 0. The molecule has 4 nitrogen and oxygen atoms in total. The van der Waals surface area contributed by atoms with E-state index in [2.05, 4.69) is 0 Å². The fraction of sp³-hybridized carbons (Fsp3) is 1.00. The first-order valence-electron chi connectivity index (χ1n) is 3.62. The van der Waals surface area contributed by atoms with E-state index in [0.717, 1.165) is 13.1 Å². The third-order valence-corrected chi connectivity index (χ3v) is 5.24. The quantitative estimate of drug-likeness (QED) is 0.581. The summed E-state index contributed by atoms with van der Waals surface area (Å²) in [5, 5.41) is 0. The lowest BCUT2D eigenvalue weighted by Crippen LogP contribution is -2.16. The van der Waals surface area contributed by atoms with Crippen LogP contribution in [-0.4, -0.2) is 50.0 Å². The van der Waals surface area contributed by atoms with Crippen LogP contribution < -0.4 is 0 Å². The number of nitrogens with zero attached hydrogens (tertiary/aromatic N) is 2. The number of hydrogen-bond acceptors (Lipinski definition) is 2. The number of likely N-dealkylation sites (N-methyl/N-ethyl adjacent to an activating group) is 2. The predicted octanol–water partition coefficient (Wildman–Crippen LogP) is 0.661. The van der Waals surface area contributed by atoms with Crippen molar-refractivity contribution in [2.24, 2.45) is 0 Å². The normalized spacial score (nSPS) is 26.1. The van der Waals surface area contributed by atoms with Crippen molar-refractivity contribution in [3.63, 3.8) is 0 Å². The van der Waals surface area contributed by atoms with Gasteiger partial charge in [0.25, 0.3) is 0 Å². The van der Waals surface area contributed by atoms with Crippen LogP contribution in [0.5, 0.6) is 0 Å². The molecule has 1 rings (SSSR count). The molecular formula is C6H15N2O2P. The van der Waals surface area contributed by atoms with E-state index in [9.17, 15) is 4.57 Å². The monoisotopic (exact) mass is 178 g/mol. The van der Waals surface area contributed by atoms with Crippen molar-refractivity contribution in [3.05, 3.63) is 0 Å². The average Bonchev–Trinajstić information content (AvgIpc) is 2.19. The maximum absolute atomic E-state index is 12.0. The van der Waals surface area contributed by atoms with Crippen molar-refractivity contribution in [2.45, 2.75) is 0 Å². The fourth-order valence-corrected chi connectivity index (χ4v) is 3.28. The Labute approximate surface area is 67.6 Å². The van der Waals surface area contributed by atoms with Gasteiger partial charge in [-0.05, 0) is 14.1 Å². The van der Waals surface area contributed by atoms with Crippen LogP contribution >= 0.6 is 7.44 Å². The zero-order valence-corrected chi connectivity index (χ0v) is 8.17. The molecule has 0 aliphatic carbocycles. The summed E-state index contributed by atoms with van der Waals surface area (Å²) in [5.41, 5.74) is 0. The van der Waals surface area contributed by atoms with Gasteiger partial charge in [0.15, 0.2) is 0 Å². The summed E-state index contributed by atoms with van der Waals surface area (Å²) in [6.07, 6.45) is 0.333. The highest BCUT2D eigenvalue weighted by Crippen LogP contribution is 2.54. The molecule has 1 saturated heterocycles. The van der Waals surface area contributed by atoms with Gasteiger partial charge in [0.1, 0.15) is 6.35 Å². The number of methoxy groups -OCH3 is 1. The van der Waals surface area contributed by atoms with E-state index in [0.29, 0.717) is 6.35 Å². The Bertz CT molecular complexity index is 171. The molecule has 1 heterocycles. The van der Waals surface area contributed by atoms with Crippen molar-refractivity contribution in [1.82, 2.24) is 9.34 Å². The van der Waals surface area contributed by atoms with E-state index >= 15 is 0 Å². The Balaban J connectivity index is 2.72. The van der Waals surface area contributed by atoms with Gasteiger partial charge in [-0.2, -0.15) is 0 Å². The zero-order chi connectivity index (χ0) is 8.48. The molecule has 0 bridgehead atoms. The second-order valence-electron chi connectivity index (χ2n) is 2.84. The zero-order valence-electron chi connectivity index (χ0n) is 7.28. The van der Waals surface area contributed by atoms with Crippen LogP contribution in [0, 0.1) is 0 Å². The van der Waals surface area contributed by atoms with E-state index < -0.39 is 7.44 Å². The van der Waals surface area contributed by atoms with E-state index in [1.165, 1.54) is 0 Å². The molecule has 0 atom stereocenters. The highest BCUT2D eigenvalue weighted by Gasteiger charge is 2.37. The Morgan fingerprint density at radius 2 is 1.82 bits per heavy atom. The molecule has 0 N–H and O–H groups in total. The van der Waals surface area contributed by atoms with Gasteiger partial charge in [-0.1, -0.05) is 0 Å². The smallest absolute Gasteiger partial charge is 0.241 e. The maximum atomic E-state index is 12.0. The Morgan fingerprint density at radius 3 is 2.18 bits per heavy atom. The second-order valence-corrected chi connectivity index (χ2v) is 5.80. The van der Waals surface area contributed by atoms with Crippen molar-refractivity contribution in [1.29, 1.82) is 0 Å². The van der Waals surface area contributed by atoms with Crippen LogP contribution in [-0.2, 0) is 9.30 Å². The minimum Gasteiger partial charge on any atom is -0.374 e. The van der Waals surface area contributed by atoms with Crippen LogP contribution in [0.15, 0.2) is 0 Å². The third-order valence-electron chi connectivity index (χ3n) is 2.11. The molecule has 1 fully saturated rings. The van der Waals surface area contributed by atoms with Gasteiger partial charge < -0.3 is 4.74 Å². The first-order chi connectivity index (χ1) is 5.11. The molecule has 1 aliphatic heterocycles. The molecule has 11 heavy (non-hydrogen) atoms. The summed E-state index contributed by atoms with van der Waals surface area (Å²) in [7, 11) is 3.03. The van der Waals surface area contributed by atoms with Gasteiger partial charge in [0, 0.05) is 20.2 Å². The van der Waals surface area contributed by atoms with Crippen molar-refractivity contribution >= 4 is 7.44 Å². The molecular weight excluding hydrogens is 163 g/mol. The first kappa shape index (κ1) is 9.20. The molecule has 66 valence electrons. The topological polar surface area (TPSA) is 32.8 Å². The summed E-state index contributed by atoms with van der Waals surface area (Å²) in [6, 6.07) is 0. The lowest BCUT2D eigenvalue weighted by Gasteiger charge is -2.23. The lowest BCUT2D eigenvalue weighted by atomic mass is 10.6. The molecule has 0 aromatic heterocycles. The average molecular weight is 178 g/mol. The highest BCUT2D eigenvalue weighted by atomic mass is 31.2. The van der Waals surface area contributed by atoms with Crippen molar-refractivity contribution in [2.75, 3.05) is 40.6 Å². The first-order valence-corrected chi connectivity index (χ1v) is 5.42. The van der Waals surface area contributed by atoms with Gasteiger partial charge in [0.05, 0.1) is 0 Å². The number of ether oxygens (including phenoxy) is 1. The minimum absolute atomic E-state index is 0.333. The summed E-state index contributed by atoms with van der Waals surface area (Å²) in [6.45, 7) is 1.74. The minimum atomic E-state index is -2.31. The number of hydrogen-bond donors (Lipinski definition) is 0. The van der Waals surface area contributed by atoms with Crippen LogP contribution in [0.2, 0.25) is 0 Å². The van der Waals surface area contributed by atoms with E-state index in [4.69, 9.17) is 4.74 Å². The van der Waals surface area contributed by atoms with E-state index in [1.54, 1.807) is 7.11 Å². The number of rotatable bonds is 2. The van der Waals surface area contributed by atoms with Crippen LogP contribution in [0.1, 0.15) is 0 Å². The molecule has 0 amide bonds. The van der Waals surface area contributed by atoms with Crippen LogP contribution in [0.4, 0.5) is 0 Å². The fourth-order valence-electron chi connectivity index (χ4n) is 1.23. The molecule has 0 unspecified atom stereocenters. The SMILES string of the molecule is COCP1(=O)N(C)CCN1C. The van der Waals surface area contributed by atoms with Gasteiger partial charge in [0.2, 0.25) is 7.44 Å². The largest absolute Gasteiger partial charge is 0.374 e. The van der Waals surface area contributed by atoms with Gasteiger partial charge in [-0.25, -0.2) is 9.34 Å². The molecule has 0 saturated carbocycles. The molecule has 0 aromatic rings. The standard InChI is InChI=1S/C6H15N2O2P/c1-7-4-5-8(2)11(7,9)6-10-3/h4-6H2,1-3H3. The summed E-state index contributed by atoms with van der Waals surface area (Å²) in [5.74, 6) is 0. The molecule has 0 spiro atoms. The summed E-state index contributed by atoms with van der Waals surface area (Å²) in [4.78, 5) is 0. The molecule has 0 radical (unpaired) electrons. The summed E-state index contributed by atoms with van der Waals surface area (Å²) < 4.78 is 20.7. The van der Waals surface area contributed by atoms with Gasteiger partial charge >= 0.3 is 0 Å². The Hall–Kier alpha value is 0.110. The van der Waals surface area contributed by atoms with Gasteiger partial charge in [-0.15, -0.1) is 0 Å². The van der Waals surface area contributed by atoms with E-state index in [1.807, 2.05) is 23.4 Å². The van der Waals surface area contributed by atoms with Crippen LogP contribution in [0.25, 0.3) is 0 Å². The lowest BCUT2D eigenvalue weighted by molar-refractivity contribution is 0.238. The van der Waals surface area contributed by atoms with Crippen LogP contribution in [0.3, 0.4) is 0 Å². The second kappa shape index (κ2) is 3.23. The third kappa shape index (κ3) is 1.49. The van der Waals surface area contributed by atoms with Crippen molar-refractivity contribution in [3.8, 4) is 0 Å². The maximum Gasteiger partial charge on any atom is 0.241 e. The van der Waals surface area contributed by atoms with Crippen molar-refractivity contribution < 1.29 is 9.30 Å². The molecule has 1 aliphatic rings. The van der Waals surface area contributed by atoms with E-state index in [-0.39, 0.29) is 0 Å². The van der Waals surface area contributed by atoms with Gasteiger partial charge in [-0.3, -0.25) is 4.57 Å². The Morgan fingerprint density at radius 1 is 1.36 bits per heavy atom. The molecule has 5 heteroatoms. The predicted molar refractivity (Wildman–Crippen MR) is 44.7 cm³/mol. The highest BCUT2D eigenvalue weighted by molar-refractivity contribution is 7.59. The molecule has 0 aromatic carbocycles.